The first-order valence-corrected chi connectivity index (χ1v) is 11.5. The average Bonchev–Trinajstić information content (AvgIpc) is 3.07. The van der Waals surface area contributed by atoms with Crippen LogP contribution in [0.3, 0.4) is 0 Å². The lowest BCUT2D eigenvalue weighted by Gasteiger charge is -2.50. The Labute approximate surface area is 198 Å². The fourth-order valence-corrected chi connectivity index (χ4v) is 4.59. The predicted molar refractivity (Wildman–Crippen MR) is 135 cm³/mol. The minimum atomic E-state index is -0.512. The van der Waals surface area contributed by atoms with Gasteiger partial charge in [0.05, 0.1) is 11.4 Å². The summed E-state index contributed by atoms with van der Waals surface area (Å²) in [5.74, 6) is -0.458. The fourth-order valence-electron chi connectivity index (χ4n) is 4.59. The smallest absolute Gasteiger partial charge is 0.359 e. The third kappa shape index (κ3) is 5.63. The van der Waals surface area contributed by atoms with Crippen molar-refractivity contribution < 1.29 is 14.7 Å². The van der Waals surface area contributed by atoms with Crippen molar-refractivity contribution in [2.75, 3.05) is 0 Å². The molecule has 0 unspecified atom stereocenters. The second-order valence-electron chi connectivity index (χ2n) is 9.67. The molecule has 1 aromatic heterocycles. The molecule has 2 heterocycles. The van der Waals surface area contributed by atoms with E-state index in [2.05, 4.69) is 11.7 Å². The van der Waals surface area contributed by atoms with E-state index < -0.39 is 17.0 Å². The summed E-state index contributed by atoms with van der Waals surface area (Å²) in [4.78, 5) is 13.3. The van der Waals surface area contributed by atoms with E-state index in [1.165, 1.54) is 5.06 Å². The molecule has 2 rings (SSSR count). The van der Waals surface area contributed by atoms with Crippen molar-refractivity contribution in [3.63, 3.8) is 0 Å². The van der Waals surface area contributed by atoms with Crippen molar-refractivity contribution in [3.8, 4) is 0 Å². The fraction of sp³-hybridized carbons (Fsp3) is 0.481. The summed E-state index contributed by atoms with van der Waals surface area (Å²) in [5, 5.41) is 16.6. The zero-order valence-corrected chi connectivity index (χ0v) is 21.3. The van der Waals surface area contributed by atoms with Gasteiger partial charge in [-0.2, -0.15) is 10.2 Å². The molecule has 180 valence electrons. The van der Waals surface area contributed by atoms with Gasteiger partial charge in [0, 0.05) is 29.5 Å². The van der Waals surface area contributed by atoms with Gasteiger partial charge < -0.3 is 9.94 Å². The van der Waals surface area contributed by atoms with E-state index in [1.54, 1.807) is 10.8 Å². The van der Waals surface area contributed by atoms with Gasteiger partial charge in [0.25, 0.3) is 0 Å². The molecule has 1 aromatic rings. The number of ether oxygens (including phenoxy) is 1. The highest BCUT2D eigenvalue weighted by Gasteiger charge is 2.46. The van der Waals surface area contributed by atoms with Crippen LogP contribution in [-0.2, 0) is 4.74 Å². The van der Waals surface area contributed by atoms with E-state index in [4.69, 9.17) is 4.74 Å². The molecule has 0 aliphatic carbocycles. The number of aromatic nitrogens is 2. The van der Waals surface area contributed by atoms with Crippen molar-refractivity contribution in [2.24, 2.45) is 0 Å². The lowest BCUT2D eigenvalue weighted by atomic mass is 9.80. The number of carbonyl (C=O) groups is 1. The number of nitrogens with zero attached hydrogens (tertiary/aromatic N) is 3. The molecule has 1 N–H and O–H groups in total. The van der Waals surface area contributed by atoms with Gasteiger partial charge in [-0.3, -0.25) is 0 Å². The first-order chi connectivity index (χ1) is 15.4. The van der Waals surface area contributed by atoms with Crippen molar-refractivity contribution in [2.45, 2.75) is 85.4 Å². The quantitative estimate of drug-likeness (QED) is 0.385. The van der Waals surface area contributed by atoms with E-state index in [1.807, 2.05) is 91.8 Å². The first-order valence-electron chi connectivity index (χ1n) is 11.5. The molecule has 1 aliphatic rings. The Morgan fingerprint density at radius 3 is 2.24 bits per heavy atom. The SMILES string of the molecule is C=C/C(=C\C=C/C)c1c(C)c(C(=O)OC2CC(C)(C)N(O)C(C)(C)C2)nn1C(/C=C\C)=C/C. The minimum Gasteiger partial charge on any atom is -0.457 e. The topological polar surface area (TPSA) is 67.6 Å². The largest absolute Gasteiger partial charge is 0.457 e. The van der Waals surface area contributed by atoms with Gasteiger partial charge in [0.2, 0.25) is 0 Å². The lowest BCUT2D eigenvalue weighted by molar-refractivity contribution is -0.256. The Morgan fingerprint density at radius 1 is 1.15 bits per heavy atom. The maximum absolute atomic E-state index is 13.3. The molecule has 33 heavy (non-hydrogen) atoms. The number of esters is 1. The van der Waals surface area contributed by atoms with E-state index in [0.29, 0.717) is 12.8 Å². The van der Waals surface area contributed by atoms with Crippen molar-refractivity contribution in [1.82, 2.24) is 14.8 Å². The van der Waals surface area contributed by atoms with Crippen molar-refractivity contribution >= 4 is 17.2 Å². The van der Waals surface area contributed by atoms with Crippen LogP contribution in [-0.4, -0.2) is 43.2 Å². The van der Waals surface area contributed by atoms with Crippen LogP contribution in [0.2, 0.25) is 0 Å². The van der Waals surface area contributed by atoms with E-state index in [9.17, 15) is 10.0 Å². The van der Waals surface area contributed by atoms with Crippen LogP contribution in [0.25, 0.3) is 11.3 Å². The first kappa shape index (κ1) is 26.6. The molecule has 0 spiro atoms. The molecule has 0 saturated carbocycles. The van der Waals surface area contributed by atoms with E-state index >= 15 is 0 Å². The summed E-state index contributed by atoms with van der Waals surface area (Å²) in [7, 11) is 0. The summed E-state index contributed by atoms with van der Waals surface area (Å²) >= 11 is 0. The van der Waals surface area contributed by atoms with Crippen LogP contribution in [0.4, 0.5) is 0 Å². The van der Waals surface area contributed by atoms with Crippen LogP contribution >= 0.6 is 0 Å². The van der Waals surface area contributed by atoms with Gasteiger partial charge in [0.15, 0.2) is 5.69 Å². The second kappa shape index (κ2) is 10.5. The number of hydroxylamine groups is 2. The molecule has 0 aromatic carbocycles. The lowest BCUT2D eigenvalue weighted by Crippen LogP contribution is -2.60. The number of hydrogen-bond acceptors (Lipinski definition) is 5. The van der Waals surface area contributed by atoms with Crippen LogP contribution in [0.1, 0.15) is 83.1 Å². The molecule has 0 atom stereocenters. The van der Waals surface area contributed by atoms with Gasteiger partial charge in [-0.15, -0.1) is 0 Å². The number of rotatable bonds is 7. The van der Waals surface area contributed by atoms with Crippen molar-refractivity contribution in [3.05, 3.63) is 66.1 Å². The van der Waals surface area contributed by atoms with Gasteiger partial charge in [0.1, 0.15) is 6.10 Å². The predicted octanol–water partition coefficient (Wildman–Crippen LogP) is 6.34. The maximum atomic E-state index is 13.3. The van der Waals surface area contributed by atoms with Gasteiger partial charge in [-0.25, -0.2) is 9.48 Å². The molecule has 1 aliphatic heterocycles. The number of piperidine rings is 1. The zero-order valence-electron chi connectivity index (χ0n) is 21.3. The van der Waals surface area contributed by atoms with E-state index in [-0.39, 0.29) is 11.8 Å². The normalized spacial score (nSPS) is 20.0. The average molecular weight is 454 g/mol. The maximum Gasteiger partial charge on any atom is 0.359 e. The van der Waals surface area contributed by atoms with Crippen LogP contribution < -0.4 is 0 Å². The van der Waals surface area contributed by atoms with Gasteiger partial charge in [-0.05, 0) is 67.0 Å². The molecule has 6 nitrogen and oxygen atoms in total. The summed E-state index contributed by atoms with van der Waals surface area (Å²) in [6.45, 7) is 19.5. The third-order valence-electron chi connectivity index (χ3n) is 6.03. The van der Waals surface area contributed by atoms with Crippen LogP contribution in [0.15, 0.2) is 49.1 Å². The molecule has 1 saturated heterocycles. The second-order valence-corrected chi connectivity index (χ2v) is 9.67. The van der Waals surface area contributed by atoms with Gasteiger partial charge >= 0.3 is 5.97 Å². The molecular weight excluding hydrogens is 414 g/mol. The Balaban J connectivity index is 2.52. The zero-order chi connectivity index (χ0) is 25.0. The number of carbonyl (C=O) groups excluding carboxylic acids is 1. The molecule has 0 amide bonds. The Kier molecular flexibility index (Phi) is 8.44. The molecule has 1 fully saturated rings. The van der Waals surface area contributed by atoms with Gasteiger partial charge in [-0.1, -0.05) is 43.0 Å². The van der Waals surface area contributed by atoms with Crippen LogP contribution in [0, 0.1) is 6.92 Å². The molecule has 6 heteroatoms. The number of hydrogen-bond donors (Lipinski definition) is 1. The van der Waals surface area contributed by atoms with E-state index in [0.717, 1.165) is 22.5 Å². The third-order valence-corrected chi connectivity index (χ3v) is 6.03. The molecule has 0 bridgehead atoms. The standard InChI is InChI=1S/C27H39N3O3/c1-10-14-16-20(12-3)24-19(5)23(28-29(24)21(13-4)15-11-2)25(31)33-22-17-26(6,7)30(32)27(8,9)18-22/h10-16,22,32H,3,17-18H2,1-2,4-9H3/b14-10-,15-11-,20-16+,21-13+. The highest BCUT2D eigenvalue weighted by atomic mass is 16.5. The van der Waals surface area contributed by atoms with Crippen molar-refractivity contribution in [1.29, 1.82) is 0 Å². The summed E-state index contributed by atoms with van der Waals surface area (Å²) in [6, 6.07) is 0. The Hall–Kier alpha value is -2.70. The number of allylic oxidation sites excluding steroid dienone is 9. The molecular formula is C27H39N3O3. The monoisotopic (exact) mass is 453 g/mol. The Bertz CT molecular complexity index is 988. The van der Waals surface area contributed by atoms with Crippen LogP contribution in [0.5, 0.6) is 0 Å². The minimum absolute atomic E-state index is 0.282. The summed E-state index contributed by atoms with van der Waals surface area (Å²) in [5.41, 5.74) is 2.49. The summed E-state index contributed by atoms with van der Waals surface area (Å²) in [6.07, 6.45) is 14.2. The highest BCUT2D eigenvalue weighted by molar-refractivity contribution is 5.92. The highest BCUT2D eigenvalue weighted by Crippen LogP contribution is 2.38. The summed E-state index contributed by atoms with van der Waals surface area (Å²) < 4.78 is 7.74. The molecule has 0 radical (unpaired) electrons. The Morgan fingerprint density at radius 2 is 1.76 bits per heavy atom.